The van der Waals surface area contributed by atoms with Crippen LogP contribution in [0.2, 0.25) is 0 Å². The van der Waals surface area contributed by atoms with Gasteiger partial charge in [0.25, 0.3) is 15.9 Å². The highest BCUT2D eigenvalue weighted by Gasteiger charge is 2.22. The average Bonchev–Trinajstić information content (AvgIpc) is 2.75. The lowest BCUT2D eigenvalue weighted by molar-refractivity contribution is 0.0941. The van der Waals surface area contributed by atoms with Gasteiger partial charge in [0, 0.05) is 0 Å². The van der Waals surface area contributed by atoms with Crippen molar-refractivity contribution in [3.05, 3.63) is 89.0 Å². The van der Waals surface area contributed by atoms with Crippen LogP contribution in [0.1, 0.15) is 40.0 Å². The Hall–Kier alpha value is -3.32. The average molecular weight is 439 g/mol. The molecule has 0 saturated heterocycles. The zero-order valence-corrected chi connectivity index (χ0v) is 18.8. The molecule has 0 bridgehead atoms. The summed E-state index contributed by atoms with van der Waals surface area (Å²) in [6.07, 6.45) is 0. The van der Waals surface area contributed by atoms with Crippen LogP contribution >= 0.6 is 0 Å². The lowest BCUT2D eigenvalue weighted by atomic mass is 10.1. The highest BCUT2D eigenvalue weighted by Crippen LogP contribution is 2.28. The molecule has 0 radical (unpaired) electrons. The van der Waals surface area contributed by atoms with Gasteiger partial charge in [-0.2, -0.15) is 0 Å². The molecule has 2 N–H and O–H groups in total. The van der Waals surface area contributed by atoms with E-state index < -0.39 is 10.0 Å². The number of hydrogen-bond acceptors (Lipinski definition) is 4. The van der Waals surface area contributed by atoms with Gasteiger partial charge < -0.3 is 10.1 Å². The topological polar surface area (TPSA) is 84.5 Å². The number of hydrogen-bond donors (Lipinski definition) is 2. The Kier molecular flexibility index (Phi) is 6.65. The maximum absolute atomic E-state index is 13.1. The van der Waals surface area contributed by atoms with Crippen molar-refractivity contribution in [2.75, 3.05) is 11.8 Å². The third-order valence-corrected chi connectivity index (χ3v) is 6.55. The number of rotatable bonds is 7. The quantitative estimate of drug-likeness (QED) is 0.564. The van der Waals surface area contributed by atoms with Crippen molar-refractivity contribution in [3.63, 3.8) is 0 Å². The second kappa shape index (κ2) is 9.22. The van der Waals surface area contributed by atoms with E-state index in [-0.39, 0.29) is 28.1 Å². The second-order valence-electron chi connectivity index (χ2n) is 7.34. The molecule has 0 fully saturated rings. The molecule has 3 aromatic carbocycles. The number of ether oxygens (including phenoxy) is 1. The number of sulfonamides is 1. The normalized spacial score (nSPS) is 12.1. The van der Waals surface area contributed by atoms with E-state index in [0.717, 1.165) is 5.56 Å². The van der Waals surface area contributed by atoms with Crippen molar-refractivity contribution < 1.29 is 17.9 Å². The SMILES string of the molecule is COc1cc(C)c(S(=O)(=O)Nc2ccccc2C(=O)NC(C)c2ccccc2)cc1C. The predicted molar refractivity (Wildman–Crippen MR) is 122 cm³/mol. The highest BCUT2D eigenvalue weighted by atomic mass is 32.2. The summed E-state index contributed by atoms with van der Waals surface area (Å²) < 4.78 is 34.1. The zero-order valence-electron chi connectivity index (χ0n) is 18.0. The minimum Gasteiger partial charge on any atom is -0.496 e. The minimum absolute atomic E-state index is 0.138. The van der Waals surface area contributed by atoms with Gasteiger partial charge in [0.15, 0.2) is 0 Å². The van der Waals surface area contributed by atoms with E-state index in [4.69, 9.17) is 4.74 Å². The van der Waals surface area contributed by atoms with Gasteiger partial charge in [-0.25, -0.2) is 8.42 Å². The number of anilines is 1. The van der Waals surface area contributed by atoms with Gasteiger partial charge in [-0.05, 0) is 61.7 Å². The van der Waals surface area contributed by atoms with Crippen molar-refractivity contribution in [1.82, 2.24) is 5.32 Å². The molecular weight excluding hydrogens is 412 g/mol. The van der Waals surface area contributed by atoms with E-state index in [0.29, 0.717) is 16.9 Å². The lowest BCUT2D eigenvalue weighted by Gasteiger charge is -2.18. The number of amides is 1. The fourth-order valence-electron chi connectivity index (χ4n) is 3.34. The van der Waals surface area contributed by atoms with Crippen LogP contribution < -0.4 is 14.8 Å². The molecule has 0 aromatic heterocycles. The smallest absolute Gasteiger partial charge is 0.262 e. The van der Waals surface area contributed by atoms with E-state index in [1.807, 2.05) is 37.3 Å². The molecule has 3 rings (SSSR count). The maximum Gasteiger partial charge on any atom is 0.262 e. The first-order chi connectivity index (χ1) is 14.7. The maximum atomic E-state index is 13.1. The monoisotopic (exact) mass is 438 g/mol. The van der Waals surface area contributed by atoms with Crippen molar-refractivity contribution in [2.24, 2.45) is 0 Å². The van der Waals surface area contributed by atoms with Gasteiger partial charge in [-0.1, -0.05) is 42.5 Å². The molecule has 162 valence electrons. The third kappa shape index (κ3) is 5.06. The van der Waals surface area contributed by atoms with E-state index in [1.165, 1.54) is 0 Å². The molecular formula is C24H26N2O4S. The van der Waals surface area contributed by atoms with Gasteiger partial charge in [-0.3, -0.25) is 9.52 Å². The molecule has 7 heteroatoms. The van der Waals surface area contributed by atoms with Crippen LogP contribution in [0.4, 0.5) is 5.69 Å². The van der Waals surface area contributed by atoms with Crippen molar-refractivity contribution >= 4 is 21.6 Å². The molecule has 0 saturated carbocycles. The number of carbonyl (C=O) groups excluding carboxylic acids is 1. The molecule has 1 unspecified atom stereocenters. The molecule has 0 spiro atoms. The van der Waals surface area contributed by atoms with Crippen LogP contribution in [-0.4, -0.2) is 21.4 Å². The summed E-state index contributed by atoms with van der Waals surface area (Å²) in [6, 6.07) is 19.1. The summed E-state index contributed by atoms with van der Waals surface area (Å²) in [5, 5.41) is 2.92. The number of nitrogens with one attached hydrogen (secondary N) is 2. The first-order valence-electron chi connectivity index (χ1n) is 9.86. The fourth-order valence-corrected chi connectivity index (χ4v) is 4.73. The van der Waals surface area contributed by atoms with Crippen LogP contribution in [-0.2, 0) is 10.0 Å². The zero-order chi connectivity index (χ0) is 22.6. The molecule has 0 aliphatic rings. The molecule has 0 aliphatic carbocycles. The first-order valence-corrected chi connectivity index (χ1v) is 11.3. The van der Waals surface area contributed by atoms with Crippen molar-refractivity contribution in [3.8, 4) is 5.75 Å². The Morgan fingerprint density at radius 2 is 1.58 bits per heavy atom. The molecule has 3 aromatic rings. The van der Waals surface area contributed by atoms with Crippen LogP contribution in [0, 0.1) is 13.8 Å². The first kappa shape index (κ1) is 22.4. The Morgan fingerprint density at radius 1 is 0.935 bits per heavy atom. The number of aryl methyl sites for hydroxylation is 2. The second-order valence-corrected chi connectivity index (χ2v) is 9.00. The summed E-state index contributed by atoms with van der Waals surface area (Å²) >= 11 is 0. The number of benzene rings is 3. The molecule has 1 amide bonds. The summed E-state index contributed by atoms with van der Waals surface area (Å²) in [5.41, 5.74) is 2.67. The van der Waals surface area contributed by atoms with Crippen LogP contribution in [0.5, 0.6) is 5.75 Å². The molecule has 6 nitrogen and oxygen atoms in total. The number of methoxy groups -OCH3 is 1. The molecule has 1 atom stereocenters. The summed E-state index contributed by atoms with van der Waals surface area (Å²) in [6.45, 7) is 5.36. The lowest BCUT2D eigenvalue weighted by Crippen LogP contribution is -2.28. The standard InChI is InChI=1S/C24H26N2O4S/c1-16-15-23(17(2)14-22(16)30-4)31(28,29)26-21-13-9-8-12-20(21)24(27)25-18(3)19-10-6-5-7-11-19/h5-15,18,26H,1-4H3,(H,25,27). The Balaban J connectivity index is 1.88. The molecule has 0 heterocycles. The Bertz CT molecular complexity index is 1190. The van der Waals surface area contributed by atoms with Crippen LogP contribution in [0.15, 0.2) is 71.6 Å². The summed E-state index contributed by atoms with van der Waals surface area (Å²) in [4.78, 5) is 13.1. The largest absolute Gasteiger partial charge is 0.496 e. The third-order valence-electron chi connectivity index (χ3n) is 5.05. The summed E-state index contributed by atoms with van der Waals surface area (Å²) in [5.74, 6) is 0.253. The van der Waals surface area contributed by atoms with E-state index in [1.54, 1.807) is 57.4 Å². The van der Waals surface area contributed by atoms with E-state index in [2.05, 4.69) is 10.0 Å². The molecule has 0 aliphatic heterocycles. The predicted octanol–water partition coefficient (Wildman–Crippen LogP) is 4.60. The van der Waals surface area contributed by atoms with Crippen LogP contribution in [0.25, 0.3) is 0 Å². The van der Waals surface area contributed by atoms with Gasteiger partial charge >= 0.3 is 0 Å². The van der Waals surface area contributed by atoms with Crippen molar-refractivity contribution in [2.45, 2.75) is 31.7 Å². The van der Waals surface area contributed by atoms with E-state index in [9.17, 15) is 13.2 Å². The Labute approximate surface area is 183 Å². The van der Waals surface area contributed by atoms with Gasteiger partial charge in [0.2, 0.25) is 0 Å². The Morgan fingerprint density at radius 3 is 2.26 bits per heavy atom. The fraction of sp³-hybridized carbons (Fsp3) is 0.208. The van der Waals surface area contributed by atoms with E-state index >= 15 is 0 Å². The highest BCUT2D eigenvalue weighted by molar-refractivity contribution is 7.92. The van der Waals surface area contributed by atoms with Gasteiger partial charge in [-0.15, -0.1) is 0 Å². The van der Waals surface area contributed by atoms with Gasteiger partial charge in [0.1, 0.15) is 5.75 Å². The van der Waals surface area contributed by atoms with Crippen molar-refractivity contribution in [1.29, 1.82) is 0 Å². The molecule has 31 heavy (non-hydrogen) atoms. The summed E-state index contributed by atoms with van der Waals surface area (Å²) in [7, 11) is -2.37. The minimum atomic E-state index is -3.91. The number of para-hydroxylation sites is 1. The number of carbonyl (C=O) groups is 1. The van der Waals surface area contributed by atoms with Gasteiger partial charge in [0.05, 0.1) is 29.3 Å². The van der Waals surface area contributed by atoms with Crippen LogP contribution in [0.3, 0.4) is 0 Å².